The van der Waals surface area contributed by atoms with Gasteiger partial charge in [0, 0.05) is 18.2 Å². The van der Waals surface area contributed by atoms with Crippen molar-refractivity contribution in [2.45, 2.75) is 0 Å². The maximum Gasteiger partial charge on any atom is 0.293 e. The predicted molar refractivity (Wildman–Crippen MR) is 70.1 cm³/mol. The van der Waals surface area contributed by atoms with E-state index in [0.29, 0.717) is 0 Å². The maximum atomic E-state index is 11.0. The molecule has 108 valence electrons. The number of nitro benzene ring substituents is 1. The van der Waals surface area contributed by atoms with Gasteiger partial charge in [-0.3, -0.25) is 19.7 Å². The molecule has 0 fully saturated rings. The van der Waals surface area contributed by atoms with Gasteiger partial charge in [0.2, 0.25) is 11.8 Å². The highest BCUT2D eigenvalue weighted by Gasteiger charge is 2.16. The van der Waals surface area contributed by atoms with Crippen molar-refractivity contribution in [3.63, 3.8) is 0 Å². The van der Waals surface area contributed by atoms with Crippen LogP contribution in [-0.4, -0.2) is 36.5 Å². The van der Waals surface area contributed by atoms with Gasteiger partial charge in [0.15, 0.2) is 0 Å². The van der Waals surface area contributed by atoms with Crippen LogP contribution in [0.15, 0.2) is 18.2 Å². The number of hydrogen-bond donors (Lipinski definition) is 3. The molecule has 0 unspecified atom stereocenters. The van der Waals surface area contributed by atoms with E-state index in [1.54, 1.807) is 0 Å². The highest BCUT2D eigenvalue weighted by atomic mass is 16.6. The molecule has 0 aromatic heterocycles. The molecule has 0 radical (unpaired) electrons. The molecule has 1 aromatic rings. The molecule has 1 aromatic carbocycles. The van der Waals surface area contributed by atoms with Crippen LogP contribution < -0.4 is 16.8 Å². The number of anilines is 1. The molecule has 0 atom stereocenters. The Balaban J connectivity index is 2.67. The molecule has 0 aliphatic rings. The Bertz CT molecular complexity index is 532. The maximum absolute atomic E-state index is 11.0. The van der Waals surface area contributed by atoms with E-state index in [0.717, 1.165) is 6.07 Å². The first kappa shape index (κ1) is 15.4. The summed E-state index contributed by atoms with van der Waals surface area (Å²) in [7, 11) is 0. The molecular formula is C11H14N4O5. The van der Waals surface area contributed by atoms with E-state index in [-0.39, 0.29) is 36.7 Å². The number of rotatable bonds is 8. The van der Waals surface area contributed by atoms with Crippen LogP contribution in [-0.2, 0) is 9.53 Å². The minimum absolute atomic E-state index is 0.0484. The molecule has 0 aliphatic heterocycles. The Morgan fingerprint density at radius 1 is 1.35 bits per heavy atom. The van der Waals surface area contributed by atoms with E-state index in [4.69, 9.17) is 16.2 Å². The predicted octanol–water partition coefficient (Wildman–Crippen LogP) is -0.393. The Hall–Kier alpha value is -2.68. The summed E-state index contributed by atoms with van der Waals surface area (Å²) < 4.78 is 4.90. The topological polar surface area (TPSA) is 151 Å². The van der Waals surface area contributed by atoms with Gasteiger partial charge in [0.25, 0.3) is 5.69 Å². The lowest BCUT2D eigenvalue weighted by Gasteiger charge is -2.08. The molecule has 1 rings (SSSR count). The van der Waals surface area contributed by atoms with E-state index < -0.39 is 16.7 Å². The minimum atomic E-state index is -0.746. The first-order chi connectivity index (χ1) is 9.41. The number of amides is 2. The van der Waals surface area contributed by atoms with Crippen molar-refractivity contribution in [1.82, 2.24) is 0 Å². The first-order valence-electron chi connectivity index (χ1n) is 5.60. The highest BCUT2D eigenvalue weighted by Crippen LogP contribution is 2.25. The Labute approximate surface area is 114 Å². The fraction of sp³-hybridized carbons (Fsp3) is 0.273. The number of primary amides is 2. The summed E-state index contributed by atoms with van der Waals surface area (Å²) in [6.07, 6.45) is 0. The van der Waals surface area contributed by atoms with Crippen LogP contribution in [0, 0.1) is 10.1 Å². The third-order valence-corrected chi connectivity index (χ3v) is 2.29. The number of ether oxygens (including phenoxy) is 1. The van der Waals surface area contributed by atoms with Crippen LogP contribution in [0.2, 0.25) is 0 Å². The van der Waals surface area contributed by atoms with Crippen LogP contribution in [0.1, 0.15) is 10.4 Å². The van der Waals surface area contributed by atoms with E-state index in [9.17, 15) is 19.7 Å². The van der Waals surface area contributed by atoms with Crippen molar-refractivity contribution in [3.8, 4) is 0 Å². The van der Waals surface area contributed by atoms with Crippen molar-refractivity contribution >= 4 is 23.2 Å². The smallest absolute Gasteiger partial charge is 0.293 e. The molecule has 9 nitrogen and oxygen atoms in total. The van der Waals surface area contributed by atoms with Gasteiger partial charge in [-0.05, 0) is 12.1 Å². The SMILES string of the molecule is NC(=O)COCCNc1ccc(C(N)=O)cc1[N+](=O)[O-]. The highest BCUT2D eigenvalue weighted by molar-refractivity contribution is 5.94. The summed E-state index contributed by atoms with van der Waals surface area (Å²) in [4.78, 5) is 31.7. The number of carbonyl (C=O) groups is 2. The van der Waals surface area contributed by atoms with Gasteiger partial charge in [-0.25, -0.2) is 0 Å². The zero-order valence-electron chi connectivity index (χ0n) is 10.5. The fourth-order valence-electron chi connectivity index (χ4n) is 1.42. The number of nitro groups is 1. The molecule has 2 amide bonds. The standard InChI is InChI=1S/C11H14N4O5/c12-10(16)6-20-4-3-14-8-2-1-7(11(13)17)5-9(8)15(18)19/h1-2,5,14H,3-4,6H2,(H2,12,16)(H2,13,17). The summed E-state index contributed by atoms with van der Waals surface area (Å²) in [5.74, 6) is -1.34. The molecule has 0 heterocycles. The number of nitrogens with one attached hydrogen (secondary N) is 1. The van der Waals surface area contributed by atoms with Gasteiger partial charge < -0.3 is 21.5 Å². The average Bonchev–Trinajstić information content (AvgIpc) is 2.37. The Kier molecular flexibility index (Phi) is 5.42. The van der Waals surface area contributed by atoms with E-state index in [2.05, 4.69) is 5.32 Å². The Morgan fingerprint density at radius 2 is 2.05 bits per heavy atom. The quantitative estimate of drug-likeness (QED) is 0.335. The third kappa shape index (κ3) is 4.53. The van der Waals surface area contributed by atoms with E-state index in [1.807, 2.05) is 0 Å². The summed E-state index contributed by atoms with van der Waals surface area (Å²) in [5.41, 5.74) is 9.94. The number of benzene rings is 1. The van der Waals surface area contributed by atoms with Crippen molar-refractivity contribution in [1.29, 1.82) is 0 Å². The van der Waals surface area contributed by atoms with Crippen molar-refractivity contribution in [2.75, 3.05) is 25.1 Å². The molecule has 0 saturated carbocycles. The van der Waals surface area contributed by atoms with Crippen molar-refractivity contribution < 1.29 is 19.2 Å². The normalized spacial score (nSPS) is 10.0. The molecule has 0 saturated heterocycles. The largest absolute Gasteiger partial charge is 0.377 e. The fourth-order valence-corrected chi connectivity index (χ4v) is 1.42. The van der Waals surface area contributed by atoms with Gasteiger partial charge in [-0.15, -0.1) is 0 Å². The zero-order chi connectivity index (χ0) is 15.1. The number of hydrogen-bond acceptors (Lipinski definition) is 6. The zero-order valence-corrected chi connectivity index (χ0v) is 10.5. The lowest BCUT2D eigenvalue weighted by atomic mass is 10.1. The average molecular weight is 282 g/mol. The van der Waals surface area contributed by atoms with Gasteiger partial charge in [-0.2, -0.15) is 0 Å². The monoisotopic (exact) mass is 282 g/mol. The lowest BCUT2D eigenvalue weighted by molar-refractivity contribution is -0.384. The molecule has 5 N–H and O–H groups in total. The summed E-state index contributed by atoms with van der Waals surface area (Å²) >= 11 is 0. The number of carbonyl (C=O) groups excluding carboxylic acids is 2. The van der Waals surface area contributed by atoms with Gasteiger partial charge in [0.1, 0.15) is 12.3 Å². The second-order valence-electron chi connectivity index (χ2n) is 3.80. The van der Waals surface area contributed by atoms with Gasteiger partial charge >= 0.3 is 0 Å². The van der Waals surface area contributed by atoms with Gasteiger partial charge in [-0.1, -0.05) is 0 Å². The van der Waals surface area contributed by atoms with Gasteiger partial charge in [0.05, 0.1) is 11.5 Å². The number of nitrogens with zero attached hydrogens (tertiary/aromatic N) is 1. The summed E-state index contributed by atoms with van der Waals surface area (Å²) in [5, 5.41) is 13.7. The summed E-state index contributed by atoms with van der Waals surface area (Å²) in [6, 6.07) is 3.85. The van der Waals surface area contributed by atoms with E-state index in [1.165, 1.54) is 12.1 Å². The molecule has 20 heavy (non-hydrogen) atoms. The first-order valence-corrected chi connectivity index (χ1v) is 5.60. The second-order valence-corrected chi connectivity index (χ2v) is 3.80. The van der Waals surface area contributed by atoms with Crippen LogP contribution in [0.3, 0.4) is 0 Å². The molecule has 0 spiro atoms. The summed E-state index contributed by atoms with van der Waals surface area (Å²) in [6.45, 7) is 0.173. The molecule has 0 bridgehead atoms. The second kappa shape index (κ2) is 7.04. The van der Waals surface area contributed by atoms with Crippen LogP contribution in [0.5, 0.6) is 0 Å². The van der Waals surface area contributed by atoms with Crippen molar-refractivity contribution in [3.05, 3.63) is 33.9 Å². The van der Waals surface area contributed by atoms with Crippen LogP contribution >= 0.6 is 0 Å². The Morgan fingerprint density at radius 3 is 2.60 bits per heavy atom. The van der Waals surface area contributed by atoms with E-state index >= 15 is 0 Å². The lowest BCUT2D eigenvalue weighted by Crippen LogP contribution is -2.20. The number of nitrogens with two attached hydrogens (primary N) is 2. The molecule has 0 aliphatic carbocycles. The van der Waals surface area contributed by atoms with Crippen molar-refractivity contribution in [2.24, 2.45) is 11.5 Å². The van der Waals surface area contributed by atoms with Crippen LogP contribution in [0.4, 0.5) is 11.4 Å². The van der Waals surface area contributed by atoms with Crippen LogP contribution in [0.25, 0.3) is 0 Å². The minimum Gasteiger partial charge on any atom is -0.377 e. The molecular weight excluding hydrogens is 268 g/mol. The third-order valence-electron chi connectivity index (χ3n) is 2.29. The molecule has 9 heteroatoms.